The molecule has 1 amide bonds. The van der Waals surface area contributed by atoms with Crippen molar-refractivity contribution in [3.63, 3.8) is 0 Å². The van der Waals surface area contributed by atoms with Crippen molar-refractivity contribution in [1.82, 2.24) is 4.90 Å². The van der Waals surface area contributed by atoms with E-state index in [9.17, 15) is 13.6 Å². The highest BCUT2D eigenvalue weighted by atomic mass is 19.1. The minimum absolute atomic E-state index is 0.000880. The molecule has 0 N–H and O–H groups in total. The van der Waals surface area contributed by atoms with Crippen molar-refractivity contribution in [2.75, 3.05) is 7.05 Å². The summed E-state index contributed by atoms with van der Waals surface area (Å²) in [5, 5.41) is 0. The van der Waals surface area contributed by atoms with Crippen LogP contribution in [0.15, 0.2) is 18.2 Å². The minimum Gasteiger partial charge on any atom is -0.342 e. The lowest BCUT2D eigenvalue weighted by molar-refractivity contribution is -0.131. The molecule has 0 radical (unpaired) electrons. The Balaban J connectivity index is 1.99. The van der Waals surface area contributed by atoms with Gasteiger partial charge in [0.25, 0.3) is 0 Å². The van der Waals surface area contributed by atoms with E-state index in [2.05, 4.69) is 0 Å². The molecule has 1 aromatic rings. The zero-order valence-electron chi connectivity index (χ0n) is 11.2. The molecule has 0 spiro atoms. The summed E-state index contributed by atoms with van der Waals surface area (Å²) in [7, 11) is 1.78. The van der Waals surface area contributed by atoms with E-state index in [1.165, 1.54) is 18.6 Å². The highest BCUT2D eigenvalue weighted by Crippen LogP contribution is 2.22. The third kappa shape index (κ3) is 3.52. The fourth-order valence-electron chi connectivity index (χ4n) is 2.62. The Hall–Kier alpha value is -1.45. The van der Waals surface area contributed by atoms with E-state index in [1.807, 2.05) is 0 Å². The molecule has 1 fully saturated rings. The number of halogens is 2. The van der Waals surface area contributed by atoms with Crippen LogP contribution < -0.4 is 0 Å². The van der Waals surface area contributed by atoms with Gasteiger partial charge in [0.05, 0.1) is 6.42 Å². The molecule has 104 valence electrons. The van der Waals surface area contributed by atoms with E-state index >= 15 is 0 Å². The molecule has 0 aromatic heterocycles. The Bertz CT molecular complexity index is 455. The third-order valence-corrected chi connectivity index (χ3v) is 3.87. The number of benzene rings is 1. The monoisotopic (exact) mass is 267 g/mol. The Kier molecular flexibility index (Phi) is 4.51. The van der Waals surface area contributed by atoms with Crippen molar-refractivity contribution in [2.45, 2.75) is 44.6 Å². The molecule has 1 saturated carbocycles. The zero-order chi connectivity index (χ0) is 13.8. The van der Waals surface area contributed by atoms with Gasteiger partial charge in [-0.25, -0.2) is 8.78 Å². The molecule has 19 heavy (non-hydrogen) atoms. The predicted molar refractivity (Wildman–Crippen MR) is 69.7 cm³/mol. The fourth-order valence-corrected chi connectivity index (χ4v) is 2.62. The third-order valence-electron chi connectivity index (χ3n) is 3.87. The molecule has 0 aliphatic heterocycles. The van der Waals surface area contributed by atoms with Crippen LogP contribution in [0.2, 0.25) is 0 Å². The van der Waals surface area contributed by atoms with Crippen molar-refractivity contribution in [2.24, 2.45) is 0 Å². The Labute approximate surface area is 112 Å². The fraction of sp³-hybridized carbons (Fsp3) is 0.533. The molecule has 0 bridgehead atoms. The van der Waals surface area contributed by atoms with Crippen molar-refractivity contribution in [3.05, 3.63) is 35.4 Å². The summed E-state index contributed by atoms with van der Waals surface area (Å²) in [5.74, 6) is -1.36. The first-order valence-corrected chi connectivity index (χ1v) is 6.77. The number of carbonyl (C=O) groups excluding carboxylic acids is 1. The molecule has 4 heteroatoms. The number of amides is 1. The van der Waals surface area contributed by atoms with Crippen LogP contribution >= 0.6 is 0 Å². The lowest BCUT2D eigenvalue weighted by Gasteiger charge is -2.31. The van der Waals surface area contributed by atoms with E-state index in [0.29, 0.717) is 0 Å². The van der Waals surface area contributed by atoms with E-state index in [1.54, 1.807) is 11.9 Å². The maximum Gasteiger partial charge on any atom is 0.227 e. The van der Waals surface area contributed by atoms with Crippen LogP contribution in [0.4, 0.5) is 8.78 Å². The SMILES string of the molecule is CN(C(=O)Cc1ccc(F)cc1F)C1CCCCC1. The molecule has 0 unspecified atom stereocenters. The van der Waals surface area contributed by atoms with Gasteiger partial charge in [0.2, 0.25) is 5.91 Å². The van der Waals surface area contributed by atoms with E-state index in [0.717, 1.165) is 31.7 Å². The summed E-state index contributed by atoms with van der Waals surface area (Å²) >= 11 is 0. The average Bonchev–Trinajstić information content (AvgIpc) is 2.42. The van der Waals surface area contributed by atoms with Crippen LogP contribution in [-0.2, 0) is 11.2 Å². The number of hydrogen-bond donors (Lipinski definition) is 0. The van der Waals surface area contributed by atoms with Gasteiger partial charge in [-0.15, -0.1) is 0 Å². The Morgan fingerprint density at radius 2 is 1.95 bits per heavy atom. The van der Waals surface area contributed by atoms with Gasteiger partial charge in [0.15, 0.2) is 0 Å². The Morgan fingerprint density at radius 1 is 1.26 bits per heavy atom. The lowest BCUT2D eigenvalue weighted by Crippen LogP contribution is -2.39. The molecule has 1 aliphatic rings. The molecular weight excluding hydrogens is 248 g/mol. The van der Waals surface area contributed by atoms with Crippen LogP contribution in [0.1, 0.15) is 37.7 Å². The molecule has 0 atom stereocenters. The van der Waals surface area contributed by atoms with E-state index < -0.39 is 11.6 Å². The minimum atomic E-state index is -0.648. The molecule has 0 saturated heterocycles. The van der Waals surface area contributed by atoms with Gasteiger partial charge in [0, 0.05) is 19.2 Å². The summed E-state index contributed by atoms with van der Waals surface area (Å²) < 4.78 is 26.3. The maximum atomic E-state index is 13.5. The summed E-state index contributed by atoms with van der Waals surface area (Å²) in [6.45, 7) is 0. The molecular formula is C15H19F2NO. The summed E-state index contributed by atoms with van der Waals surface area (Å²) in [6, 6.07) is 3.62. The first-order chi connectivity index (χ1) is 9.08. The zero-order valence-corrected chi connectivity index (χ0v) is 11.2. The van der Waals surface area contributed by atoms with Gasteiger partial charge in [0.1, 0.15) is 11.6 Å². The van der Waals surface area contributed by atoms with E-state index in [-0.39, 0.29) is 23.9 Å². The quantitative estimate of drug-likeness (QED) is 0.823. The summed E-state index contributed by atoms with van der Waals surface area (Å²) in [5.41, 5.74) is 0.258. The number of nitrogens with zero attached hydrogens (tertiary/aromatic N) is 1. The highest BCUT2D eigenvalue weighted by Gasteiger charge is 2.22. The van der Waals surface area contributed by atoms with Crippen LogP contribution in [0.5, 0.6) is 0 Å². The van der Waals surface area contributed by atoms with Gasteiger partial charge in [-0.05, 0) is 24.5 Å². The van der Waals surface area contributed by atoms with Crippen molar-refractivity contribution in [1.29, 1.82) is 0 Å². The maximum absolute atomic E-state index is 13.5. The normalized spacial score (nSPS) is 16.4. The van der Waals surface area contributed by atoms with Gasteiger partial charge in [-0.2, -0.15) is 0 Å². The van der Waals surface area contributed by atoms with Crippen LogP contribution in [0, 0.1) is 11.6 Å². The number of rotatable bonds is 3. The van der Waals surface area contributed by atoms with Gasteiger partial charge in [-0.3, -0.25) is 4.79 Å². The molecule has 2 nitrogen and oxygen atoms in total. The van der Waals surface area contributed by atoms with E-state index in [4.69, 9.17) is 0 Å². The highest BCUT2D eigenvalue weighted by molar-refractivity contribution is 5.78. The molecule has 2 rings (SSSR count). The first-order valence-electron chi connectivity index (χ1n) is 6.77. The first kappa shape index (κ1) is 14.0. The second-order valence-corrected chi connectivity index (χ2v) is 5.21. The smallest absolute Gasteiger partial charge is 0.227 e. The number of hydrogen-bond acceptors (Lipinski definition) is 1. The Morgan fingerprint density at radius 3 is 2.58 bits per heavy atom. The van der Waals surface area contributed by atoms with Crippen LogP contribution in [-0.4, -0.2) is 23.9 Å². The second-order valence-electron chi connectivity index (χ2n) is 5.21. The largest absolute Gasteiger partial charge is 0.342 e. The van der Waals surface area contributed by atoms with Gasteiger partial charge < -0.3 is 4.90 Å². The number of likely N-dealkylation sites (N-methyl/N-ethyl adjacent to an activating group) is 1. The van der Waals surface area contributed by atoms with Crippen LogP contribution in [0.25, 0.3) is 0 Å². The standard InChI is InChI=1S/C15H19F2NO/c1-18(13-5-3-2-4-6-13)15(19)9-11-7-8-12(16)10-14(11)17/h7-8,10,13H,2-6,9H2,1H3. The molecule has 1 aliphatic carbocycles. The summed E-state index contributed by atoms with van der Waals surface area (Å²) in [6.07, 6.45) is 5.56. The lowest BCUT2D eigenvalue weighted by atomic mass is 9.94. The topological polar surface area (TPSA) is 20.3 Å². The van der Waals surface area contributed by atoms with Crippen molar-refractivity contribution in [3.8, 4) is 0 Å². The van der Waals surface area contributed by atoms with Gasteiger partial charge in [-0.1, -0.05) is 25.3 Å². The van der Waals surface area contributed by atoms with Gasteiger partial charge >= 0.3 is 0 Å². The molecule has 0 heterocycles. The van der Waals surface area contributed by atoms with Crippen molar-refractivity contribution < 1.29 is 13.6 Å². The molecule has 1 aromatic carbocycles. The number of carbonyl (C=O) groups is 1. The predicted octanol–water partition coefficient (Wildman–Crippen LogP) is 3.30. The van der Waals surface area contributed by atoms with Crippen LogP contribution in [0.3, 0.4) is 0 Å². The average molecular weight is 267 g/mol. The van der Waals surface area contributed by atoms with Crippen molar-refractivity contribution >= 4 is 5.91 Å². The second kappa shape index (κ2) is 6.13. The summed E-state index contributed by atoms with van der Waals surface area (Å²) in [4.78, 5) is 13.8.